The monoisotopic (exact) mass is 331 g/mol. The topological polar surface area (TPSA) is 47.6 Å². The van der Waals surface area contributed by atoms with Crippen LogP contribution in [0.1, 0.15) is 36.0 Å². The van der Waals surface area contributed by atoms with Gasteiger partial charge in [0.15, 0.2) is 11.5 Å². The van der Waals surface area contributed by atoms with Crippen LogP contribution < -0.4 is 14.8 Å². The first-order valence-corrected chi connectivity index (χ1v) is 7.46. The minimum Gasteiger partial charge on any atom is -0.493 e. The molecule has 0 spiro atoms. The summed E-state index contributed by atoms with van der Waals surface area (Å²) >= 11 is 0. The van der Waals surface area contributed by atoms with Crippen molar-refractivity contribution in [2.45, 2.75) is 37.9 Å². The number of methoxy groups -OCH3 is 2. The molecule has 1 aromatic rings. The summed E-state index contributed by atoms with van der Waals surface area (Å²) in [6.07, 6.45) is -2.68. The van der Waals surface area contributed by atoms with Gasteiger partial charge in [-0.3, -0.25) is 4.79 Å². The van der Waals surface area contributed by atoms with E-state index in [1.807, 2.05) is 0 Å². The summed E-state index contributed by atoms with van der Waals surface area (Å²) in [6.45, 7) is 0. The van der Waals surface area contributed by atoms with E-state index in [-0.39, 0.29) is 12.0 Å². The van der Waals surface area contributed by atoms with Crippen molar-refractivity contribution >= 4 is 5.91 Å². The zero-order chi connectivity index (χ0) is 17.0. The maximum atomic E-state index is 13.1. The Kier molecular flexibility index (Phi) is 5.38. The average molecular weight is 331 g/mol. The van der Waals surface area contributed by atoms with Crippen molar-refractivity contribution in [2.24, 2.45) is 5.92 Å². The molecule has 0 aliphatic heterocycles. The summed E-state index contributed by atoms with van der Waals surface area (Å²) in [4.78, 5) is 12.3. The third kappa shape index (κ3) is 4.09. The average Bonchev–Trinajstić information content (AvgIpc) is 2.53. The molecule has 1 aromatic carbocycles. The van der Waals surface area contributed by atoms with Gasteiger partial charge in [-0.15, -0.1) is 0 Å². The SMILES string of the molecule is COc1ccc(C(=O)N[C@H]2CCCC[C@H]2C(F)(F)F)cc1OC. The highest BCUT2D eigenvalue weighted by Gasteiger charge is 2.46. The molecule has 2 atom stereocenters. The minimum atomic E-state index is -4.30. The van der Waals surface area contributed by atoms with Gasteiger partial charge in [0.2, 0.25) is 0 Å². The van der Waals surface area contributed by atoms with Crippen LogP contribution in [0.3, 0.4) is 0 Å². The quantitative estimate of drug-likeness (QED) is 0.918. The number of hydrogen-bond donors (Lipinski definition) is 1. The highest BCUT2D eigenvalue weighted by Crippen LogP contribution is 2.38. The van der Waals surface area contributed by atoms with Crippen molar-refractivity contribution in [3.63, 3.8) is 0 Å². The molecule has 23 heavy (non-hydrogen) atoms. The molecule has 0 bridgehead atoms. The number of amides is 1. The van der Waals surface area contributed by atoms with Crippen LogP contribution in [-0.4, -0.2) is 32.3 Å². The molecule has 1 aliphatic rings. The summed E-state index contributed by atoms with van der Waals surface area (Å²) in [5.74, 6) is -1.21. The molecular formula is C16H20F3NO3. The van der Waals surface area contributed by atoms with Gasteiger partial charge in [-0.05, 0) is 31.0 Å². The van der Waals surface area contributed by atoms with E-state index in [9.17, 15) is 18.0 Å². The van der Waals surface area contributed by atoms with Crippen LogP contribution in [0, 0.1) is 5.92 Å². The van der Waals surface area contributed by atoms with Gasteiger partial charge in [0, 0.05) is 11.6 Å². The van der Waals surface area contributed by atoms with Crippen LogP contribution in [0.4, 0.5) is 13.2 Å². The van der Waals surface area contributed by atoms with Gasteiger partial charge in [-0.2, -0.15) is 13.2 Å². The van der Waals surface area contributed by atoms with Gasteiger partial charge in [0.05, 0.1) is 20.1 Å². The van der Waals surface area contributed by atoms with E-state index in [0.29, 0.717) is 30.8 Å². The first kappa shape index (κ1) is 17.4. The molecule has 4 nitrogen and oxygen atoms in total. The normalized spacial score (nSPS) is 21.6. The molecule has 7 heteroatoms. The van der Waals surface area contributed by atoms with Crippen LogP contribution in [0.15, 0.2) is 18.2 Å². The number of halogens is 3. The van der Waals surface area contributed by atoms with Crippen LogP contribution >= 0.6 is 0 Å². The lowest BCUT2D eigenvalue weighted by Crippen LogP contribution is -2.47. The summed E-state index contributed by atoms with van der Waals surface area (Å²) in [5.41, 5.74) is 0.245. The van der Waals surface area contributed by atoms with Crippen molar-refractivity contribution in [3.8, 4) is 11.5 Å². The number of carbonyl (C=O) groups excluding carboxylic acids is 1. The van der Waals surface area contributed by atoms with Gasteiger partial charge in [-0.25, -0.2) is 0 Å². The highest BCUT2D eigenvalue weighted by atomic mass is 19.4. The fourth-order valence-electron chi connectivity index (χ4n) is 2.92. The van der Waals surface area contributed by atoms with E-state index in [4.69, 9.17) is 9.47 Å². The summed E-state index contributed by atoms with van der Waals surface area (Å²) < 4.78 is 49.4. The smallest absolute Gasteiger partial charge is 0.393 e. The number of alkyl halides is 3. The molecule has 2 rings (SSSR count). The van der Waals surface area contributed by atoms with E-state index in [1.165, 1.54) is 26.4 Å². The van der Waals surface area contributed by atoms with Crippen LogP contribution in [0.2, 0.25) is 0 Å². The van der Waals surface area contributed by atoms with E-state index < -0.39 is 24.0 Å². The number of hydrogen-bond acceptors (Lipinski definition) is 3. The Morgan fingerprint density at radius 3 is 2.39 bits per heavy atom. The van der Waals surface area contributed by atoms with Gasteiger partial charge < -0.3 is 14.8 Å². The first-order valence-electron chi connectivity index (χ1n) is 7.46. The molecule has 128 valence electrons. The lowest BCUT2D eigenvalue weighted by Gasteiger charge is -2.33. The zero-order valence-corrected chi connectivity index (χ0v) is 13.1. The molecule has 0 unspecified atom stereocenters. The molecule has 0 aromatic heterocycles. The van der Waals surface area contributed by atoms with Gasteiger partial charge in [0.1, 0.15) is 0 Å². The Morgan fingerprint density at radius 1 is 1.13 bits per heavy atom. The number of carbonyl (C=O) groups is 1. The number of rotatable bonds is 4. The number of nitrogens with one attached hydrogen (secondary N) is 1. The van der Waals surface area contributed by atoms with E-state index in [2.05, 4.69) is 5.32 Å². The Bertz CT molecular complexity index is 560. The van der Waals surface area contributed by atoms with Gasteiger partial charge in [0.25, 0.3) is 5.91 Å². The molecule has 1 saturated carbocycles. The summed E-state index contributed by atoms with van der Waals surface area (Å²) in [7, 11) is 2.90. The van der Waals surface area contributed by atoms with Crippen molar-refractivity contribution < 1.29 is 27.4 Å². The second-order valence-corrected chi connectivity index (χ2v) is 5.58. The fourth-order valence-corrected chi connectivity index (χ4v) is 2.92. The fraction of sp³-hybridized carbons (Fsp3) is 0.562. The molecule has 0 heterocycles. The summed E-state index contributed by atoms with van der Waals surface area (Å²) in [5, 5.41) is 2.53. The molecule has 0 saturated heterocycles. The lowest BCUT2D eigenvalue weighted by atomic mass is 9.84. The van der Waals surface area contributed by atoms with Crippen LogP contribution in [-0.2, 0) is 0 Å². The molecule has 1 fully saturated rings. The van der Waals surface area contributed by atoms with E-state index in [1.54, 1.807) is 6.07 Å². The summed E-state index contributed by atoms with van der Waals surface area (Å²) in [6, 6.07) is 3.63. The first-order chi connectivity index (χ1) is 10.9. The molecule has 1 aliphatic carbocycles. The maximum absolute atomic E-state index is 13.1. The molecule has 0 radical (unpaired) electrons. The Balaban J connectivity index is 2.14. The van der Waals surface area contributed by atoms with Crippen molar-refractivity contribution in [2.75, 3.05) is 14.2 Å². The highest BCUT2D eigenvalue weighted by molar-refractivity contribution is 5.95. The van der Waals surface area contributed by atoms with Crippen LogP contribution in [0.25, 0.3) is 0 Å². The third-order valence-electron chi connectivity index (χ3n) is 4.15. The lowest BCUT2D eigenvalue weighted by molar-refractivity contribution is -0.187. The van der Waals surface area contributed by atoms with Crippen molar-refractivity contribution in [1.29, 1.82) is 0 Å². The Hall–Kier alpha value is -1.92. The minimum absolute atomic E-state index is 0.0559. The third-order valence-corrected chi connectivity index (χ3v) is 4.15. The molecule has 1 amide bonds. The van der Waals surface area contributed by atoms with E-state index >= 15 is 0 Å². The van der Waals surface area contributed by atoms with Crippen molar-refractivity contribution in [1.82, 2.24) is 5.32 Å². The molecular weight excluding hydrogens is 311 g/mol. The van der Waals surface area contributed by atoms with Crippen LogP contribution in [0.5, 0.6) is 11.5 Å². The maximum Gasteiger partial charge on any atom is 0.393 e. The number of benzene rings is 1. The van der Waals surface area contributed by atoms with Gasteiger partial charge in [-0.1, -0.05) is 12.8 Å². The number of ether oxygens (including phenoxy) is 2. The zero-order valence-electron chi connectivity index (χ0n) is 13.1. The van der Waals surface area contributed by atoms with Crippen molar-refractivity contribution in [3.05, 3.63) is 23.8 Å². The molecule has 1 N–H and O–H groups in total. The standard InChI is InChI=1S/C16H20F3NO3/c1-22-13-8-7-10(9-14(13)23-2)15(21)20-12-6-4-3-5-11(12)16(17,18)19/h7-9,11-12H,3-6H2,1-2H3,(H,20,21)/t11-,12+/m1/s1. The second-order valence-electron chi connectivity index (χ2n) is 5.58. The van der Waals surface area contributed by atoms with Gasteiger partial charge >= 0.3 is 6.18 Å². The van der Waals surface area contributed by atoms with E-state index in [0.717, 1.165) is 0 Å². The Morgan fingerprint density at radius 2 is 1.78 bits per heavy atom. The second kappa shape index (κ2) is 7.10. The largest absolute Gasteiger partial charge is 0.493 e. The predicted molar refractivity (Wildman–Crippen MR) is 78.8 cm³/mol. The predicted octanol–water partition coefficient (Wildman–Crippen LogP) is 3.55. The Labute approximate surface area is 133 Å².